The van der Waals surface area contributed by atoms with Crippen LogP contribution in [0.15, 0.2) is 36.8 Å². The van der Waals surface area contributed by atoms with Crippen molar-refractivity contribution in [2.75, 3.05) is 24.6 Å². The first-order chi connectivity index (χ1) is 14.2. The first-order valence-corrected chi connectivity index (χ1v) is 10.2. The van der Waals surface area contributed by atoms with Gasteiger partial charge in [0.1, 0.15) is 5.69 Å². The third kappa shape index (κ3) is 3.45. The topological polar surface area (TPSA) is 84.3 Å². The van der Waals surface area contributed by atoms with Gasteiger partial charge in [0.2, 0.25) is 0 Å². The molecule has 0 radical (unpaired) electrons. The first kappa shape index (κ1) is 18.4. The van der Waals surface area contributed by atoms with Crippen molar-refractivity contribution in [1.29, 1.82) is 0 Å². The van der Waals surface area contributed by atoms with E-state index in [9.17, 15) is 5.11 Å². The third-order valence-corrected chi connectivity index (χ3v) is 6.26. The summed E-state index contributed by atoms with van der Waals surface area (Å²) in [7, 11) is 0. The summed E-state index contributed by atoms with van der Waals surface area (Å²) < 4.78 is 5.83. The maximum atomic E-state index is 9.96. The van der Waals surface area contributed by atoms with E-state index in [2.05, 4.69) is 21.8 Å². The van der Waals surface area contributed by atoms with Crippen LogP contribution in [0.5, 0.6) is 0 Å². The predicted octanol–water partition coefficient (Wildman–Crippen LogP) is 2.97. The molecule has 29 heavy (non-hydrogen) atoms. The highest BCUT2D eigenvalue weighted by atomic mass is 16.5. The number of aliphatic hydroxyl groups excluding tert-OH is 1. The number of hydrogen-bond acceptors (Lipinski definition) is 7. The second-order valence-electron chi connectivity index (χ2n) is 8.26. The van der Waals surface area contributed by atoms with Crippen LogP contribution in [0.3, 0.4) is 0 Å². The molecule has 1 atom stereocenters. The zero-order valence-corrected chi connectivity index (χ0v) is 16.6. The fourth-order valence-corrected chi connectivity index (χ4v) is 4.64. The fourth-order valence-electron chi connectivity index (χ4n) is 4.64. The first-order valence-electron chi connectivity index (χ1n) is 10.2. The van der Waals surface area contributed by atoms with Gasteiger partial charge in [-0.05, 0) is 43.7 Å². The van der Waals surface area contributed by atoms with Gasteiger partial charge in [-0.1, -0.05) is 6.07 Å². The molecule has 3 aromatic rings. The Morgan fingerprint density at radius 1 is 1.14 bits per heavy atom. The van der Waals surface area contributed by atoms with Crippen molar-refractivity contribution in [2.24, 2.45) is 5.41 Å². The van der Waals surface area contributed by atoms with Crippen LogP contribution >= 0.6 is 0 Å². The molecule has 2 aliphatic heterocycles. The number of nitrogens with zero attached hydrogens (tertiary/aromatic N) is 5. The Hall–Kier alpha value is -2.64. The van der Waals surface area contributed by atoms with Crippen LogP contribution in [-0.4, -0.2) is 50.8 Å². The lowest BCUT2D eigenvalue weighted by Crippen LogP contribution is -2.41. The van der Waals surface area contributed by atoms with Crippen molar-refractivity contribution >= 4 is 16.9 Å². The van der Waals surface area contributed by atoms with E-state index in [1.165, 1.54) is 0 Å². The molecule has 0 unspecified atom stereocenters. The number of fused-ring (bicyclic) bond motifs is 1. The summed E-state index contributed by atoms with van der Waals surface area (Å²) in [6.45, 7) is 4.73. The molecule has 2 saturated heterocycles. The molecule has 0 amide bonds. The summed E-state index contributed by atoms with van der Waals surface area (Å²) in [5.74, 6) is 0.790. The van der Waals surface area contributed by atoms with Crippen LogP contribution in [0.25, 0.3) is 22.3 Å². The number of anilines is 1. The van der Waals surface area contributed by atoms with E-state index in [0.29, 0.717) is 17.2 Å². The SMILES string of the molecule is C[C@H]1CC2(CCN(c3ncc(-c4ccc5nccnc5c4)nc3CO)CC2)CO1. The number of piperidine rings is 1. The number of hydrogen-bond donors (Lipinski definition) is 1. The van der Waals surface area contributed by atoms with Gasteiger partial charge in [-0.25, -0.2) is 9.97 Å². The van der Waals surface area contributed by atoms with Crippen LogP contribution in [0.4, 0.5) is 5.82 Å². The van der Waals surface area contributed by atoms with Gasteiger partial charge in [0.15, 0.2) is 5.82 Å². The van der Waals surface area contributed by atoms with Crippen molar-refractivity contribution < 1.29 is 9.84 Å². The Kier molecular flexibility index (Phi) is 4.64. The summed E-state index contributed by atoms with van der Waals surface area (Å²) >= 11 is 0. The monoisotopic (exact) mass is 391 g/mol. The number of aliphatic hydroxyl groups is 1. The van der Waals surface area contributed by atoms with Crippen LogP contribution in [-0.2, 0) is 11.3 Å². The Morgan fingerprint density at radius 3 is 2.66 bits per heavy atom. The molecular formula is C22H25N5O2. The van der Waals surface area contributed by atoms with E-state index >= 15 is 0 Å². The molecule has 0 saturated carbocycles. The molecule has 1 aromatic carbocycles. The molecule has 150 valence electrons. The molecule has 4 heterocycles. The molecule has 5 rings (SSSR count). The summed E-state index contributed by atoms with van der Waals surface area (Å²) in [5.41, 5.74) is 4.24. The van der Waals surface area contributed by atoms with Gasteiger partial charge in [0.25, 0.3) is 0 Å². The minimum absolute atomic E-state index is 0.134. The molecule has 0 bridgehead atoms. The van der Waals surface area contributed by atoms with Crippen LogP contribution in [0, 0.1) is 5.41 Å². The summed E-state index contributed by atoms with van der Waals surface area (Å²) in [6.07, 6.45) is 8.84. The summed E-state index contributed by atoms with van der Waals surface area (Å²) in [5, 5.41) is 9.96. The average molecular weight is 391 g/mol. The highest BCUT2D eigenvalue weighted by molar-refractivity contribution is 5.80. The van der Waals surface area contributed by atoms with Gasteiger partial charge in [-0.15, -0.1) is 0 Å². The van der Waals surface area contributed by atoms with Crippen LogP contribution in [0.1, 0.15) is 31.9 Å². The quantitative estimate of drug-likeness (QED) is 0.735. The molecule has 7 nitrogen and oxygen atoms in total. The second-order valence-corrected chi connectivity index (χ2v) is 8.26. The van der Waals surface area contributed by atoms with E-state index in [1.54, 1.807) is 18.6 Å². The van der Waals surface area contributed by atoms with Gasteiger partial charge in [0.05, 0.1) is 42.2 Å². The van der Waals surface area contributed by atoms with E-state index in [-0.39, 0.29) is 6.61 Å². The summed E-state index contributed by atoms with van der Waals surface area (Å²) in [4.78, 5) is 20.3. The Morgan fingerprint density at radius 2 is 1.93 bits per heavy atom. The van der Waals surface area contributed by atoms with Gasteiger partial charge in [-0.2, -0.15) is 0 Å². The predicted molar refractivity (Wildman–Crippen MR) is 110 cm³/mol. The normalized spacial score (nSPS) is 21.2. The minimum atomic E-state index is -0.134. The van der Waals surface area contributed by atoms with Gasteiger partial charge < -0.3 is 14.7 Å². The van der Waals surface area contributed by atoms with Gasteiger partial charge in [0, 0.05) is 31.0 Å². The van der Waals surface area contributed by atoms with E-state index in [1.807, 2.05) is 18.2 Å². The lowest BCUT2D eigenvalue weighted by atomic mass is 9.77. The molecule has 2 aliphatic rings. The van der Waals surface area contributed by atoms with E-state index in [4.69, 9.17) is 14.7 Å². The number of aromatic nitrogens is 4. The molecule has 7 heteroatoms. The highest BCUT2D eigenvalue weighted by Crippen LogP contribution is 2.42. The zero-order chi connectivity index (χ0) is 19.8. The maximum Gasteiger partial charge on any atom is 0.152 e. The molecule has 2 fully saturated rings. The smallest absolute Gasteiger partial charge is 0.152 e. The molecule has 1 N–H and O–H groups in total. The molecular weight excluding hydrogens is 366 g/mol. The van der Waals surface area contributed by atoms with Crippen molar-refractivity contribution in [3.63, 3.8) is 0 Å². The summed E-state index contributed by atoms with van der Waals surface area (Å²) in [6, 6.07) is 5.85. The molecule has 1 spiro atoms. The zero-order valence-electron chi connectivity index (χ0n) is 16.6. The number of rotatable bonds is 3. The van der Waals surface area contributed by atoms with Gasteiger partial charge in [-0.3, -0.25) is 9.97 Å². The fraction of sp³-hybridized carbons (Fsp3) is 0.455. The van der Waals surface area contributed by atoms with Crippen LogP contribution in [0.2, 0.25) is 0 Å². The highest BCUT2D eigenvalue weighted by Gasteiger charge is 2.41. The maximum absolute atomic E-state index is 9.96. The molecule has 0 aliphatic carbocycles. The third-order valence-electron chi connectivity index (χ3n) is 6.26. The Balaban J connectivity index is 1.39. The standard InChI is InChI=1S/C22H25N5O2/c1-15-11-22(14-29-15)4-8-27(9-5-22)21-20(13-28)26-19(12-25-21)16-2-3-17-18(10-16)24-7-6-23-17/h2-3,6-7,10,12,15,28H,4-5,8-9,11,13-14H2,1H3/t15-/m0/s1. The van der Waals surface area contributed by atoms with Crippen molar-refractivity contribution in [2.45, 2.75) is 38.9 Å². The van der Waals surface area contributed by atoms with Crippen LogP contribution < -0.4 is 4.90 Å². The lowest BCUT2D eigenvalue weighted by Gasteiger charge is -2.39. The number of ether oxygens (including phenoxy) is 1. The van der Waals surface area contributed by atoms with Crippen molar-refractivity contribution in [3.8, 4) is 11.3 Å². The Bertz CT molecular complexity index is 1030. The molecule has 2 aromatic heterocycles. The second kappa shape index (κ2) is 7.31. The minimum Gasteiger partial charge on any atom is -0.390 e. The Labute approximate surface area is 169 Å². The van der Waals surface area contributed by atoms with Crippen molar-refractivity contribution in [3.05, 3.63) is 42.5 Å². The lowest BCUT2D eigenvalue weighted by molar-refractivity contribution is 0.0975. The largest absolute Gasteiger partial charge is 0.390 e. The van der Waals surface area contributed by atoms with E-state index < -0.39 is 0 Å². The van der Waals surface area contributed by atoms with Crippen molar-refractivity contribution in [1.82, 2.24) is 19.9 Å². The average Bonchev–Trinajstić information content (AvgIpc) is 3.13. The van der Waals surface area contributed by atoms with E-state index in [0.717, 1.165) is 67.1 Å². The number of benzene rings is 1. The van der Waals surface area contributed by atoms with Gasteiger partial charge >= 0.3 is 0 Å².